The predicted molar refractivity (Wildman–Crippen MR) is 46.8 cm³/mol. The quantitative estimate of drug-likeness (QED) is 0.410. The van der Waals surface area contributed by atoms with E-state index in [0.717, 1.165) is 23.5 Å². The fourth-order valence-corrected chi connectivity index (χ4v) is 1.26. The molecule has 12 heavy (non-hydrogen) atoms. The van der Waals surface area contributed by atoms with Crippen molar-refractivity contribution in [2.75, 3.05) is 0 Å². The lowest BCUT2D eigenvalue weighted by Gasteiger charge is -1.97. The molecule has 0 aliphatic heterocycles. The van der Waals surface area contributed by atoms with Crippen molar-refractivity contribution in [1.82, 2.24) is 9.78 Å². The summed E-state index contributed by atoms with van der Waals surface area (Å²) in [5.74, 6) is 0. The average molecular weight is 167 g/mol. The summed E-state index contributed by atoms with van der Waals surface area (Å²) in [5.41, 5.74) is 2.83. The average Bonchev–Trinajstić information content (AvgIpc) is 2.32. The lowest BCUT2D eigenvalue weighted by atomic mass is 10.2. The molecular weight excluding hydrogens is 154 g/mol. The number of hydrogen-bond donors (Lipinski definition) is 1. The molecule has 4 heteroatoms. The molecule has 1 rings (SSSR count). The first-order valence-electron chi connectivity index (χ1n) is 3.92. The SMILES string of the molecule is CCn1nc(C)c(/C=N\O)c1C. The molecular formula is C8H13N3O. The molecule has 0 radical (unpaired) electrons. The number of aryl methyl sites for hydroxylation is 2. The van der Waals surface area contributed by atoms with E-state index in [9.17, 15) is 0 Å². The molecule has 0 saturated carbocycles. The molecule has 1 heterocycles. The van der Waals surface area contributed by atoms with Crippen LogP contribution in [-0.2, 0) is 6.54 Å². The van der Waals surface area contributed by atoms with Crippen molar-refractivity contribution in [1.29, 1.82) is 0 Å². The van der Waals surface area contributed by atoms with Crippen LogP contribution in [0, 0.1) is 13.8 Å². The maximum absolute atomic E-state index is 8.38. The van der Waals surface area contributed by atoms with Crippen LogP contribution in [0.15, 0.2) is 5.16 Å². The Balaban J connectivity index is 3.18. The number of aromatic nitrogens is 2. The van der Waals surface area contributed by atoms with Gasteiger partial charge in [-0.05, 0) is 20.8 Å². The van der Waals surface area contributed by atoms with Gasteiger partial charge >= 0.3 is 0 Å². The van der Waals surface area contributed by atoms with E-state index in [1.807, 2.05) is 25.5 Å². The Hall–Kier alpha value is -1.32. The van der Waals surface area contributed by atoms with Crippen LogP contribution in [0.3, 0.4) is 0 Å². The summed E-state index contributed by atoms with van der Waals surface area (Å²) in [4.78, 5) is 0. The van der Waals surface area contributed by atoms with Crippen molar-refractivity contribution in [3.8, 4) is 0 Å². The van der Waals surface area contributed by atoms with Crippen molar-refractivity contribution >= 4 is 6.21 Å². The van der Waals surface area contributed by atoms with E-state index < -0.39 is 0 Å². The molecule has 1 aromatic heterocycles. The Morgan fingerprint density at radius 1 is 1.58 bits per heavy atom. The van der Waals surface area contributed by atoms with E-state index in [4.69, 9.17) is 5.21 Å². The predicted octanol–water partition coefficient (Wildman–Crippen LogP) is 1.33. The van der Waals surface area contributed by atoms with Gasteiger partial charge in [0.1, 0.15) is 0 Å². The first-order chi connectivity index (χ1) is 5.70. The zero-order valence-corrected chi connectivity index (χ0v) is 7.57. The van der Waals surface area contributed by atoms with Gasteiger partial charge in [-0.25, -0.2) is 0 Å². The molecule has 1 N–H and O–H groups in total. The minimum atomic E-state index is 0.839. The van der Waals surface area contributed by atoms with Crippen molar-refractivity contribution in [3.63, 3.8) is 0 Å². The Morgan fingerprint density at radius 3 is 2.67 bits per heavy atom. The molecule has 66 valence electrons. The zero-order chi connectivity index (χ0) is 9.14. The maximum atomic E-state index is 8.38. The van der Waals surface area contributed by atoms with Gasteiger partial charge in [0, 0.05) is 17.8 Å². The molecule has 0 aliphatic rings. The summed E-state index contributed by atoms with van der Waals surface area (Å²) >= 11 is 0. The second kappa shape index (κ2) is 3.38. The molecule has 0 atom stereocenters. The largest absolute Gasteiger partial charge is 0.411 e. The van der Waals surface area contributed by atoms with Gasteiger partial charge in [-0.15, -0.1) is 0 Å². The Labute approximate surface area is 71.5 Å². The third kappa shape index (κ3) is 1.32. The van der Waals surface area contributed by atoms with Gasteiger partial charge < -0.3 is 5.21 Å². The summed E-state index contributed by atoms with van der Waals surface area (Å²) < 4.78 is 1.88. The van der Waals surface area contributed by atoms with E-state index in [-0.39, 0.29) is 0 Å². The Bertz CT molecular complexity index is 301. The van der Waals surface area contributed by atoms with Gasteiger partial charge in [0.25, 0.3) is 0 Å². The molecule has 0 saturated heterocycles. The lowest BCUT2D eigenvalue weighted by molar-refractivity contribution is 0.322. The van der Waals surface area contributed by atoms with Gasteiger partial charge in [-0.2, -0.15) is 5.10 Å². The van der Waals surface area contributed by atoms with E-state index in [1.54, 1.807) is 0 Å². The van der Waals surface area contributed by atoms with Crippen molar-refractivity contribution in [2.45, 2.75) is 27.3 Å². The van der Waals surface area contributed by atoms with E-state index in [1.165, 1.54) is 6.21 Å². The van der Waals surface area contributed by atoms with Crippen LogP contribution in [0.5, 0.6) is 0 Å². The van der Waals surface area contributed by atoms with Crippen LogP contribution < -0.4 is 0 Å². The van der Waals surface area contributed by atoms with Crippen molar-refractivity contribution < 1.29 is 5.21 Å². The first kappa shape index (κ1) is 8.77. The monoisotopic (exact) mass is 167 g/mol. The topological polar surface area (TPSA) is 50.4 Å². The summed E-state index contributed by atoms with van der Waals surface area (Å²) in [6.07, 6.45) is 1.42. The maximum Gasteiger partial charge on any atom is 0.0770 e. The molecule has 1 aromatic rings. The third-order valence-electron chi connectivity index (χ3n) is 1.92. The Morgan fingerprint density at radius 2 is 2.25 bits per heavy atom. The highest BCUT2D eigenvalue weighted by atomic mass is 16.4. The lowest BCUT2D eigenvalue weighted by Crippen LogP contribution is -1.99. The molecule has 0 spiro atoms. The second-order valence-electron chi connectivity index (χ2n) is 2.64. The summed E-state index contributed by atoms with van der Waals surface area (Å²) in [6.45, 7) is 6.72. The van der Waals surface area contributed by atoms with Crippen LogP contribution in [-0.4, -0.2) is 21.2 Å². The van der Waals surface area contributed by atoms with E-state index in [2.05, 4.69) is 10.3 Å². The fourth-order valence-electron chi connectivity index (χ4n) is 1.26. The van der Waals surface area contributed by atoms with E-state index >= 15 is 0 Å². The molecule has 0 unspecified atom stereocenters. The highest BCUT2D eigenvalue weighted by Crippen LogP contribution is 2.09. The van der Waals surface area contributed by atoms with Crippen LogP contribution in [0.2, 0.25) is 0 Å². The first-order valence-corrected chi connectivity index (χ1v) is 3.92. The third-order valence-corrected chi connectivity index (χ3v) is 1.92. The summed E-state index contributed by atoms with van der Waals surface area (Å²) in [7, 11) is 0. The smallest absolute Gasteiger partial charge is 0.0770 e. The summed E-state index contributed by atoms with van der Waals surface area (Å²) in [6, 6.07) is 0. The van der Waals surface area contributed by atoms with Crippen molar-refractivity contribution in [3.05, 3.63) is 17.0 Å². The molecule has 0 fully saturated rings. The minimum Gasteiger partial charge on any atom is -0.411 e. The molecule has 4 nitrogen and oxygen atoms in total. The van der Waals surface area contributed by atoms with Crippen LogP contribution >= 0.6 is 0 Å². The van der Waals surface area contributed by atoms with Gasteiger partial charge in [0.2, 0.25) is 0 Å². The van der Waals surface area contributed by atoms with Gasteiger partial charge in [0.05, 0.1) is 11.9 Å². The molecule has 0 amide bonds. The number of hydrogen-bond acceptors (Lipinski definition) is 3. The zero-order valence-electron chi connectivity index (χ0n) is 7.57. The Kier molecular flexibility index (Phi) is 2.47. The van der Waals surface area contributed by atoms with Crippen molar-refractivity contribution in [2.24, 2.45) is 5.16 Å². The normalized spacial score (nSPS) is 11.2. The highest BCUT2D eigenvalue weighted by molar-refractivity contribution is 5.82. The van der Waals surface area contributed by atoms with Gasteiger partial charge in [-0.3, -0.25) is 4.68 Å². The number of rotatable bonds is 2. The molecule has 0 aliphatic carbocycles. The summed E-state index contributed by atoms with van der Waals surface area (Å²) in [5, 5.41) is 15.6. The second-order valence-corrected chi connectivity index (χ2v) is 2.64. The van der Waals surface area contributed by atoms with Gasteiger partial charge in [-0.1, -0.05) is 5.16 Å². The minimum absolute atomic E-state index is 0.839. The molecule has 0 bridgehead atoms. The van der Waals surface area contributed by atoms with Crippen LogP contribution in [0.1, 0.15) is 23.9 Å². The van der Waals surface area contributed by atoms with Crippen LogP contribution in [0.25, 0.3) is 0 Å². The number of oxime groups is 1. The number of nitrogens with zero attached hydrogens (tertiary/aromatic N) is 3. The molecule has 0 aromatic carbocycles. The standard InChI is InChI=1S/C8H13N3O/c1-4-11-7(3)8(5-9-12)6(2)10-11/h5,12H,4H2,1-3H3/b9-5-. The van der Waals surface area contributed by atoms with Gasteiger partial charge in [0.15, 0.2) is 0 Å². The highest BCUT2D eigenvalue weighted by Gasteiger charge is 2.07. The fraction of sp³-hybridized carbons (Fsp3) is 0.500. The van der Waals surface area contributed by atoms with E-state index in [0.29, 0.717) is 0 Å². The van der Waals surface area contributed by atoms with Crippen LogP contribution in [0.4, 0.5) is 0 Å².